The van der Waals surface area contributed by atoms with E-state index >= 15 is 0 Å². The largest absolute Gasteiger partial charge is 0.503 e. The molecule has 2 aliphatic rings. The summed E-state index contributed by atoms with van der Waals surface area (Å²) in [6.45, 7) is 11.4. The van der Waals surface area contributed by atoms with Crippen LogP contribution in [0.15, 0.2) is 29.5 Å². The van der Waals surface area contributed by atoms with Gasteiger partial charge in [0.15, 0.2) is 17.3 Å². The number of hydrogen-bond donors (Lipinski definition) is 1. The van der Waals surface area contributed by atoms with Crippen LogP contribution in [-0.2, 0) is 4.79 Å². The lowest BCUT2D eigenvalue weighted by atomic mass is 9.94. The Bertz CT molecular complexity index is 1150. The minimum Gasteiger partial charge on any atom is -0.503 e. The number of ketones is 1. The second-order valence-corrected chi connectivity index (χ2v) is 10.3. The zero-order valence-electron chi connectivity index (χ0n) is 21.5. The van der Waals surface area contributed by atoms with Gasteiger partial charge in [0.1, 0.15) is 0 Å². The Morgan fingerprint density at radius 2 is 1.78 bits per heavy atom. The highest BCUT2D eigenvalue weighted by Crippen LogP contribution is 2.42. The van der Waals surface area contributed by atoms with Gasteiger partial charge >= 0.3 is 0 Å². The summed E-state index contributed by atoms with van der Waals surface area (Å²) in [5, 5.41) is 11.8. The summed E-state index contributed by atoms with van der Waals surface area (Å²) in [5.74, 6) is -0.223. The minimum absolute atomic E-state index is 0.0944. The Morgan fingerprint density at radius 3 is 2.42 bits per heavy atom. The van der Waals surface area contributed by atoms with Gasteiger partial charge in [-0.05, 0) is 71.3 Å². The van der Waals surface area contributed by atoms with E-state index in [2.05, 4.69) is 9.88 Å². The average Bonchev–Trinajstić information content (AvgIpc) is 3.34. The fourth-order valence-electron chi connectivity index (χ4n) is 5.00. The monoisotopic (exact) mass is 513 g/mol. The van der Waals surface area contributed by atoms with E-state index in [0.717, 1.165) is 30.9 Å². The summed E-state index contributed by atoms with van der Waals surface area (Å²) in [6.07, 6.45) is 3.51. The van der Waals surface area contributed by atoms with E-state index in [0.29, 0.717) is 53.9 Å². The Balaban J connectivity index is 1.74. The highest BCUT2D eigenvalue weighted by atomic mass is 32.1. The number of carbonyl (C=O) groups excluding carboxylic acids is 2. The zero-order valence-corrected chi connectivity index (χ0v) is 22.3. The number of carbonyl (C=O) groups is 2. The highest BCUT2D eigenvalue weighted by Gasteiger charge is 2.44. The van der Waals surface area contributed by atoms with Crippen LogP contribution < -0.4 is 9.47 Å². The van der Waals surface area contributed by atoms with Crippen molar-refractivity contribution in [3.8, 4) is 11.5 Å². The molecule has 36 heavy (non-hydrogen) atoms. The smallest absolute Gasteiger partial charge is 0.290 e. The van der Waals surface area contributed by atoms with Crippen LogP contribution in [0.25, 0.3) is 0 Å². The van der Waals surface area contributed by atoms with Gasteiger partial charge < -0.3 is 24.4 Å². The van der Waals surface area contributed by atoms with E-state index in [1.807, 2.05) is 32.9 Å². The van der Waals surface area contributed by atoms with Crippen LogP contribution in [0, 0.1) is 13.8 Å². The fourth-order valence-corrected chi connectivity index (χ4v) is 5.87. The Morgan fingerprint density at radius 1 is 1.08 bits per heavy atom. The molecule has 1 atom stereocenters. The lowest BCUT2D eigenvalue weighted by Crippen LogP contribution is -2.40. The van der Waals surface area contributed by atoms with Gasteiger partial charge in [-0.3, -0.25) is 9.59 Å². The first kappa shape index (κ1) is 26.2. The summed E-state index contributed by atoms with van der Waals surface area (Å²) < 4.78 is 11.5. The first-order valence-corrected chi connectivity index (χ1v) is 13.5. The molecular weight excluding hydrogens is 478 g/mol. The molecule has 0 saturated carbocycles. The van der Waals surface area contributed by atoms with E-state index in [9.17, 15) is 14.7 Å². The van der Waals surface area contributed by atoms with Crippen LogP contribution in [0.4, 0.5) is 0 Å². The summed E-state index contributed by atoms with van der Waals surface area (Å²) in [4.78, 5) is 35.9. The van der Waals surface area contributed by atoms with Gasteiger partial charge in [0.2, 0.25) is 5.78 Å². The third-order valence-electron chi connectivity index (χ3n) is 6.65. The number of piperidine rings is 1. The number of aromatic nitrogens is 1. The second-order valence-electron chi connectivity index (χ2n) is 9.11. The van der Waals surface area contributed by atoms with Crippen LogP contribution in [0.1, 0.15) is 65.1 Å². The molecule has 9 heteroatoms. The highest BCUT2D eigenvalue weighted by molar-refractivity contribution is 7.14. The van der Waals surface area contributed by atoms with Gasteiger partial charge in [-0.25, -0.2) is 4.98 Å². The number of amides is 1. The molecule has 1 fully saturated rings. The molecule has 1 unspecified atom stereocenters. The number of rotatable bonds is 10. The van der Waals surface area contributed by atoms with Crippen molar-refractivity contribution >= 4 is 23.0 Å². The predicted molar refractivity (Wildman–Crippen MR) is 139 cm³/mol. The van der Waals surface area contributed by atoms with Gasteiger partial charge in [-0.1, -0.05) is 12.5 Å². The first-order valence-electron chi connectivity index (χ1n) is 12.7. The number of benzene rings is 1. The van der Waals surface area contributed by atoms with Crippen molar-refractivity contribution in [3.63, 3.8) is 0 Å². The van der Waals surface area contributed by atoms with Crippen LogP contribution in [0.3, 0.4) is 0 Å². The zero-order chi connectivity index (χ0) is 25.8. The number of thiazole rings is 1. The van der Waals surface area contributed by atoms with E-state index in [4.69, 9.17) is 9.47 Å². The molecule has 0 bridgehead atoms. The average molecular weight is 514 g/mol. The Kier molecular flexibility index (Phi) is 8.31. The third kappa shape index (κ3) is 5.27. The summed E-state index contributed by atoms with van der Waals surface area (Å²) in [5.41, 5.74) is 1.39. The number of nitrogens with zero attached hydrogens (tertiary/aromatic N) is 3. The molecule has 1 amide bonds. The molecule has 8 nitrogen and oxygen atoms in total. The summed E-state index contributed by atoms with van der Waals surface area (Å²) in [6, 6.07) is 4.73. The standard InChI is InChI=1S/C27H35N3O5S/c1-5-34-20-11-10-19(16-21(20)35-6-2)23-22(24(31)26-17(3)28-18(4)36-26)25(32)27(33)30(23)15-14-29-12-8-7-9-13-29/h10-11,16,23,32H,5-9,12-15H2,1-4H3. The first-order chi connectivity index (χ1) is 17.3. The van der Waals surface area contributed by atoms with Crippen molar-refractivity contribution in [1.82, 2.24) is 14.8 Å². The Labute approximate surface area is 216 Å². The lowest BCUT2D eigenvalue weighted by Gasteiger charge is -2.32. The normalized spacial score (nSPS) is 18.7. The van der Waals surface area contributed by atoms with Crippen molar-refractivity contribution < 1.29 is 24.2 Å². The maximum atomic E-state index is 13.8. The molecule has 0 aliphatic carbocycles. The van der Waals surface area contributed by atoms with Gasteiger partial charge in [0.25, 0.3) is 5.91 Å². The number of aliphatic hydroxyl groups excluding tert-OH is 1. The molecule has 194 valence electrons. The molecule has 3 heterocycles. The SMILES string of the molecule is CCOc1ccc(C2C(C(=O)c3sc(C)nc3C)=C(O)C(=O)N2CCN2CCCCC2)cc1OCC. The number of likely N-dealkylation sites (tertiary alicyclic amines) is 1. The fraction of sp³-hybridized carbons (Fsp3) is 0.519. The molecule has 0 spiro atoms. The van der Waals surface area contributed by atoms with E-state index in [-0.39, 0.29) is 11.4 Å². The molecule has 1 aromatic carbocycles. The van der Waals surface area contributed by atoms with Crippen molar-refractivity contribution in [1.29, 1.82) is 0 Å². The number of Topliss-reactive ketones (excluding diaryl/α,β-unsaturated/α-hetero) is 1. The van der Waals surface area contributed by atoms with Crippen molar-refractivity contribution in [2.45, 2.75) is 53.0 Å². The molecule has 1 saturated heterocycles. The maximum absolute atomic E-state index is 13.8. The summed E-state index contributed by atoms with van der Waals surface area (Å²) >= 11 is 1.28. The molecule has 2 aliphatic heterocycles. The number of hydrogen-bond acceptors (Lipinski definition) is 8. The molecule has 1 aromatic heterocycles. The minimum atomic E-state index is -0.730. The van der Waals surface area contributed by atoms with Crippen LogP contribution >= 0.6 is 11.3 Å². The number of ether oxygens (including phenoxy) is 2. The topological polar surface area (TPSA) is 92.2 Å². The van der Waals surface area contributed by atoms with Gasteiger partial charge in [-0.2, -0.15) is 0 Å². The third-order valence-corrected chi connectivity index (χ3v) is 7.72. The van der Waals surface area contributed by atoms with E-state index in [1.54, 1.807) is 17.9 Å². The van der Waals surface area contributed by atoms with Crippen LogP contribution in [0.5, 0.6) is 11.5 Å². The molecule has 0 radical (unpaired) electrons. The van der Waals surface area contributed by atoms with Crippen LogP contribution in [0.2, 0.25) is 0 Å². The molecule has 4 rings (SSSR count). The van der Waals surface area contributed by atoms with Crippen molar-refractivity contribution in [2.75, 3.05) is 39.4 Å². The molecule has 2 aromatic rings. The number of aryl methyl sites for hydroxylation is 2. The van der Waals surface area contributed by atoms with E-state index in [1.165, 1.54) is 17.8 Å². The van der Waals surface area contributed by atoms with Crippen molar-refractivity contribution in [3.05, 3.63) is 50.7 Å². The van der Waals surface area contributed by atoms with Crippen molar-refractivity contribution in [2.24, 2.45) is 0 Å². The second kappa shape index (κ2) is 11.4. The Hall–Kier alpha value is -2.91. The number of aliphatic hydroxyl groups is 1. The molecular formula is C27H35N3O5S. The predicted octanol–water partition coefficient (Wildman–Crippen LogP) is 4.62. The van der Waals surface area contributed by atoms with Crippen LogP contribution in [-0.4, -0.2) is 71.0 Å². The van der Waals surface area contributed by atoms with Gasteiger partial charge in [0.05, 0.1) is 40.4 Å². The maximum Gasteiger partial charge on any atom is 0.290 e. The lowest BCUT2D eigenvalue weighted by molar-refractivity contribution is -0.129. The quantitative estimate of drug-likeness (QED) is 0.464. The molecule has 1 N–H and O–H groups in total. The summed E-state index contributed by atoms with van der Waals surface area (Å²) in [7, 11) is 0. The van der Waals surface area contributed by atoms with Gasteiger partial charge in [0, 0.05) is 13.1 Å². The van der Waals surface area contributed by atoms with E-state index < -0.39 is 17.7 Å². The van der Waals surface area contributed by atoms with Gasteiger partial charge in [-0.15, -0.1) is 11.3 Å².